The van der Waals surface area contributed by atoms with Crippen molar-refractivity contribution in [2.75, 3.05) is 32.1 Å². The van der Waals surface area contributed by atoms with Crippen molar-refractivity contribution in [1.82, 2.24) is 34.8 Å². The minimum absolute atomic E-state index is 0.462. The maximum absolute atomic E-state index is 7.30. The molecule has 11 heteroatoms. The lowest BCUT2D eigenvalue weighted by Gasteiger charge is -2.40. The van der Waals surface area contributed by atoms with Gasteiger partial charge in [0.15, 0.2) is 17.4 Å². The van der Waals surface area contributed by atoms with Gasteiger partial charge in [-0.2, -0.15) is 10.6 Å². The summed E-state index contributed by atoms with van der Waals surface area (Å²) in [6.45, 7) is 5.65. The van der Waals surface area contributed by atoms with Gasteiger partial charge in [0.2, 0.25) is 5.82 Å². The van der Waals surface area contributed by atoms with E-state index in [0.717, 1.165) is 26.1 Å². The molecule has 3 aromatic heterocycles. The van der Waals surface area contributed by atoms with Gasteiger partial charge >= 0.3 is 0 Å². The van der Waals surface area contributed by atoms with Gasteiger partial charge in [0.1, 0.15) is 0 Å². The molecule has 2 aliphatic rings. The highest BCUT2D eigenvalue weighted by atomic mass is 16.3. The van der Waals surface area contributed by atoms with Gasteiger partial charge < -0.3 is 9.32 Å². The summed E-state index contributed by atoms with van der Waals surface area (Å²) < 4.78 is 7.18. The average molecular weight is 435 g/mol. The number of hydrogen-bond donors (Lipinski definition) is 3. The van der Waals surface area contributed by atoms with Gasteiger partial charge in [-0.1, -0.05) is 11.3 Å². The Morgan fingerprint density at radius 2 is 2.28 bits per heavy atom. The van der Waals surface area contributed by atoms with Crippen LogP contribution in [0.2, 0.25) is 0 Å². The molecule has 1 atom stereocenters. The molecular formula is C21H26N10O. The van der Waals surface area contributed by atoms with Crippen molar-refractivity contribution in [3.05, 3.63) is 48.0 Å². The molecule has 3 N–H and O–H groups in total. The molecule has 0 spiro atoms. The molecule has 0 saturated carbocycles. The molecule has 0 bridgehead atoms. The zero-order valence-corrected chi connectivity index (χ0v) is 18.1. The topological polar surface area (TPSA) is 127 Å². The number of aromatic nitrogens is 5. The Balaban J connectivity index is 1.30. The molecule has 32 heavy (non-hydrogen) atoms. The number of nitrogens with zero attached hydrogens (tertiary/aromatic N) is 7. The van der Waals surface area contributed by atoms with Crippen LogP contribution in [0.25, 0.3) is 23.0 Å². The first-order valence-corrected chi connectivity index (χ1v) is 10.6. The molecule has 0 aliphatic carbocycles. The number of rotatable bonds is 7. The molecule has 2 aliphatic heterocycles. The highest BCUT2D eigenvalue weighted by molar-refractivity contribution is 5.70. The third-order valence-electron chi connectivity index (χ3n) is 5.98. The summed E-state index contributed by atoms with van der Waals surface area (Å²) in [5.74, 6) is 2.18. The highest BCUT2D eigenvalue weighted by Crippen LogP contribution is 2.29. The van der Waals surface area contributed by atoms with Crippen LogP contribution in [0, 0.1) is 5.53 Å². The Kier molecular flexibility index (Phi) is 5.31. The van der Waals surface area contributed by atoms with Gasteiger partial charge in [-0.25, -0.2) is 15.1 Å². The summed E-state index contributed by atoms with van der Waals surface area (Å²) in [6.07, 6.45) is 8.93. The van der Waals surface area contributed by atoms with Gasteiger partial charge in [-0.3, -0.25) is 10.00 Å². The Bertz CT molecular complexity index is 1160. The summed E-state index contributed by atoms with van der Waals surface area (Å²) in [5, 5.41) is 15.0. The predicted octanol–water partition coefficient (Wildman–Crippen LogP) is 3.14. The second-order valence-corrected chi connectivity index (χ2v) is 8.18. The van der Waals surface area contributed by atoms with E-state index >= 15 is 0 Å². The molecule has 166 valence electrons. The molecule has 0 radical (unpaired) electrons. The Labute approximate surface area is 185 Å². The van der Waals surface area contributed by atoms with E-state index in [1.165, 1.54) is 11.1 Å². The smallest absolute Gasteiger partial charge is 0.217 e. The largest absolute Gasteiger partial charge is 0.461 e. The lowest BCUT2D eigenvalue weighted by molar-refractivity contribution is 0.195. The molecule has 0 amide bonds. The number of fused-ring (bicyclic) bond motifs is 1. The van der Waals surface area contributed by atoms with Crippen LogP contribution in [0.15, 0.2) is 57.7 Å². The van der Waals surface area contributed by atoms with E-state index in [1.54, 1.807) is 24.6 Å². The number of allylic oxidation sites excluding steroid dienone is 2. The molecule has 1 saturated heterocycles. The number of likely N-dealkylation sites (N-methyl/N-ethyl adjacent to an activating group) is 1. The van der Waals surface area contributed by atoms with Crippen LogP contribution in [0.3, 0.4) is 0 Å². The second-order valence-electron chi connectivity index (χ2n) is 8.18. The van der Waals surface area contributed by atoms with E-state index < -0.39 is 0 Å². The third-order valence-corrected chi connectivity index (χ3v) is 5.98. The van der Waals surface area contributed by atoms with E-state index in [2.05, 4.69) is 67.0 Å². The van der Waals surface area contributed by atoms with Crippen molar-refractivity contribution in [2.45, 2.75) is 25.9 Å². The summed E-state index contributed by atoms with van der Waals surface area (Å²) in [4.78, 5) is 9.28. The van der Waals surface area contributed by atoms with Crippen LogP contribution in [0.1, 0.15) is 13.3 Å². The van der Waals surface area contributed by atoms with Crippen LogP contribution >= 0.6 is 0 Å². The zero-order chi connectivity index (χ0) is 22.1. The summed E-state index contributed by atoms with van der Waals surface area (Å²) in [7, 11) is 2.16. The number of aromatic amines is 1. The van der Waals surface area contributed by atoms with E-state index in [4.69, 9.17) is 9.95 Å². The minimum Gasteiger partial charge on any atom is -0.461 e. The van der Waals surface area contributed by atoms with Crippen molar-refractivity contribution < 1.29 is 4.42 Å². The number of hydrogen-bond acceptors (Lipinski definition) is 8. The fourth-order valence-corrected chi connectivity index (χ4v) is 4.51. The second kappa shape index (κ2) is 8.42. The van der Waals surface area contributed by atoms with Gasteiger partial charge in [0.25, 0.3) is 0 Å². The normalized spacial score (nSPS) is 18.8. The van der Waals surface area contributed by atoms with E-state index in [-0.39, 0.29) is 0 Å². The predicted molar refractivity (Wildman–Crippen MR) is 119 cm³/mol. The van der Waals surface area contributed by atoms with Crippen LogP contribution in [-0.2, 0) is 6.54 Å². The minimum atomic E-state index is 0.462. The van der Waals surface area contributed by atoms with Crippen LogP contribution in [0.5, 0.6) is 0 Å². The number of anilines is 1. The zero-order valence-electron chi connectivity index (χ0n) is 18.1. The summed E-state index contributed by atoms with van der Waals surface area (Å²) >= 11 is 0. The first kappa shape index (κ1) is 20.2. The maximum Gasteiger partial charge on any atom is 0.217 e. The fourth-order valence-electron chi connectivity index (χ4n) is 4.51. The average Bonchev–Trinajstić information content (AvgIpc) is 3.53. The molecule has 1 fully saturated rings. The molecule has 0 aromatic carbocycles. The van der Waals surface area contributed by atoms with Gasteiger partial charge in [0, 0.05) is 32.9 Å². The summed E-state index contributed by atoms with van der Waals surface area (Å²) in [6, 6.07) is 4.09. The standard InChI is InChI=1S/C21H26N10O/c1-14-10-15-13-30(6-5-17(15)29(2)12-14)7-8-31-21(27-28-22)16(11-23-31)19-24-20(26-25-19)18-4-3-9-32-18/h3-4,9-12,17H,5-8,13H2,1-2H3,(H2,22,27)(H,24,25,26). The van der Waals surface area contributed by atoms with Crippen LogP contribution < -0.4 is 5.43 Å². The Morgan fingerprint density at radius 1 is 1.38 bits per heavy atom. The van der Waals surface area contributed by atoms with Crippen molar-refractivity contribution >= 4 is 5.82 Å². The Morgan fingerprint density at radius 3 is 3.09 bits per heavy atom. The molecule has 3 aromatic rings. The highest BCUT2D eigenvalue weighted by Gasteiger charge is 2.28. The third kappa shape index (κ3) is 3.82. The SMILES string of the molecule is CC1=CN(C)C2CCN(CCn3ncc(-c4nc(-c5ccco5)n[nH]4)c3NN=N)CC2=C1. The molecular weight excluding hydrogens is 408 g/mol. The quantitative estimate of drug-likeness (QED) is 0.385. The lowest BCUT2D eigenvalue weighted by atomic mass is 9.93. The van der Waals surface area contributed by atoms with Crippen molar-refractivity contribution in [2.24, 2.45) is 5.22 Å². The van der Waals surface area contributed by atoms with E-state index in [1.807, 2.05) is 4.68 Å². The Hall–Kier alpha value is -3.73. The van der Waals surface area contributed by atoms with E-state index in [0.29, 0.717) is 41.4 Å². The monoisotopic (exact) mass is 434 g/mol. The summed E-state index contributed by atoms with van der Waals surface area (Å²) in [5.41, 5.74) is 13.5. The van der Waals surface area contributed by atoms with Crippen molar-refractivity contribution in [3.8, 4) is 23.0 Å². The molecule has 11 nitrogen and oxygen atoms in total. The lowest BCUT2D eigenvalue weighted by Crippen LogP contribution is -2.45. The van der Waals surface area contributed by atoms with Crippen LogP contribution in [0.4, 0.5) is 5.82 Å². The van der Waals surface area contributed by atoms with Gasteiger partial charge in [-0.05, 0) is 36.6 Å². The van der Waals surface area contributed by atoms with Crippen molar-refractivity contribution in [1.29, 1.82) is 5.53 Å². The van der Waals surface area contributed by atoms with Crippen molar-refractivity contribution in [3.63, 3.8) is 0 Å². The van der Waals surface area contributed by atoms with Gasteiger partial charge in [0.05, 0.1) is 30.6 Å². The number of H-pyrrole nitrogens is 1. The van der Waals surface area contributed by atoms with Crippen LogP contribution in [-0.4, -0.2) is 67.5 Å². The number of piperidine rings is 1. The maximum atomic E-state index is 7.30. The first-order chi connectivity index (χ1) is 15.6. The number of furan rings is 1. The first-order valence-electron chi connectivity index (χ1n) is 10.6. The molecule has 1 unspecified atom stereocenters. The molecule has 5 rings (SSSR count). The number of nitrogens with one attached hydrogen (secondary N) is 3. The molecule has 5 heterocycles. The van der Waals surface area contributed by atoms with Gasteiger partial charge in [-0.15, -0.1) is 5.10 Å². The van der Waals surface area contributed by atoms with E-state index in [9.17, 15) is 0 Å². The fraction of sp³-hybridized carbons (Fsp3) is 0.381. The number of likely N-dealkylation sites (tertiary alicyclic amines) is 1.